The van der Waals surface area contributed by atoms with Crippen LogP contribution in [-0.2, 0) is 0 Å². The van der Waals surface area contributed by atoms with Gasteiger partial charge < -0.3 is 4.74 Å². The second kappa shape index (κ2) is 6.80. The number of ketones is 1. The molecule has 0 radical (unpaired) electrons. The Kier molecular flexibility index (Phi) is 4.40. The standard InChI is InChI=1S/C21H15NO2/c1-24-20-10-9-17-12-19(8-7-18(17)13-20)21(23)11-6-15-2-4-16(14-22)5-3-15/h2-13H,1H3/b11-6+. The van der Waals surface area contributed by atoms with E-state index in [1.807, 2.05) is 48.5 Å². The maximum Gasteiger partial charge on any atom is 0.185 e. The fourth-order valence-electron chi connectivity index (χ4n) is 2.44. The minimum Gasteiger partial charge on any atom is -0.497 e. The third-order valence-electron chi connectivity index (χ3n) is 3.80. The normalized spacial score (nSPS) is 10.7. The fraction of sp³-hybridized carbons (Fsp3) is 0.0476. The van der Waals surface area contributed by atoms with Crippen LogP contribution in [0.2, 0.25) is 0 Å². The molecule has 0 amide bonds. The Morgan fingerprint density at radius 2 is 1.71 bits per heavy atom. The van der Waals surface area contributed by atoms with Crippen LogP contribution in [0.3, 0.4) is 0 Å². The molecule has 0 atom stereocenters. The molecule has 0 aromatic heterocycles. The molecular formula is C21H15NO2. The predicted octanol–water partition coefficient (Wildman–Crippen LogP) is 4.62. The lowest BCUT2D eigenvalue weighted by molar-refractivity contribution is 0.104. The summed E-state index contributed by atoms with van der Waals surface area (Å²) in [4.78, 5) is 12.3. The number of rotatable bonds is 4. The average molecular weight is 313 g/mol. The molecular weight excluding hydrogens is 298 g/mol. The smallest absolute Gasteiger partial charge is 0.185 e. The van der Waals surface area contributed by atoms with E-state index in [4.69, 9.17) is 10.00 Å². The van der Waals surface area contributed by atoms with Gasteiger partial charge in [-0.3, -0.25) is 4.79 Å². The van der Waals surface area contributed by atoms with Gasteiger partial charge in [-0.2, -0.15) is 5.26 Å². The molecule has 3 rings (SSSR count). The first-order valence-electron chi connectivity index (χ1n) is 7.50. The van der Waals surface area contributed by atoms with E-state index >= 15 is 0 Å². The van der Waals surface area contributed by atoms with Crippen LogP contribution >= 0.6 is 0 Å². The Morgan fingerprint density at radius 3 is 2.42 bits per heavy atom. The predicted molar refractivity (Wildman–Crippen MR) is 95.0 cm³/mol. The topological polar surface area (TPSA) is 50.1 Å². The summed E-state index contributed by atoms with van der Waals surface area (Å²) in [5, 5.41) is 10.8. The van der Waals surface area contributed by atoms with Crippen molar-refractivity contribution in [2.45, 2.75) is 0 Å². The summed E-state index contributed by atoms with van der Waals surface area (Å²) in [5.41, 5.74) is 2.12. The van der Waals surface area contributed by atoms with E-state index in [1.54, 1.807) is 31.4 Å². The van der Waals surface area contributed by atoms with E-state index in [1.165, 1.54) is 0 Å². The van der Waals surface area contributed by atoms with Crippen molar-refractivity contribution >= 4 is 22.6 Å². The number of fused-ring (bicyclic) bond motifs is 1. The van der Waals surface area contributed by atoms with Crippen molar-refractivity contribution in [2.75, 3.05) is 7.11 Å². The quantitative estimate of drug-likeness (QED) is 0.522. The SMILES string of the molecule is COc1ccc2cc(C(=O)/C=C/c3ccc(C#N)cc3)ccc2c1. The summed E-state index contributed by atoms with van der Waals surface area (Å²) in [5.74, 6) is 0.736. The highest BCUT2D eigenvalue weighted by atomic mass is 16.5. The number of hydrogen-bond acceptors (Lipinski definition) is 3. The van der Waals surface area contributed by atoms with E-state index in [-0.39, 0.29) is 5.78 Å². The molecule has 0 aliphatic carbocycles. The monoisotopic (exact) mass is 313 g/mol. The summed E-state index contributed by atoms with van der Waals surface area (Å²) in [7, 11) is 1.63. The van der Waals surface area contributed by atoms with Gasteiger partial charge in [0.15, 0.2) is 5.78 Å². The number of ether oxygens (including phenoxy) is 1. The molecule has 116 valence electrons. The highest BCUT2D eigenvalue weighted by Crippen LogP contribution is 2.22. The molecule has 0 heterocycles. The Labute approximate surface area is 140 Å². The van der Waals surface area contributed by atoms with Crippen molar-refractivity contribution < 1.29 is 9.53 Å². The Balaban J connectivity index is 1.82. The second-order valence-electron chi connectivity index (χ2n) is 5.36. The van der Waals surface area contributed by atoms with Crippen molar-refractivity contribution in [3.63, 3.8) is 0 Å². The first kappa shape index (κ1) is 15.5. The number of nitrogens with zero attached hydrogens (tertiary/aromatic N) is 1. The van der Waals surface area contributed by atoms with E-state index in [0.29, 0.717) is 11.1 Å². The molecule has 0 aliphatic rings. The van der Waals surface area contributed by atoms with Crippen LogP contribution in [0.15, 0.2) is 66.7 Å². The lowest BCUT2D eigenvalue weighted by Gasteiger charge is -2.04. The Morgan fingerprint density at radius 1 is 1.00 bits per heavy atom. The number of carbonyl (C=O) groups excluding carboxylic acids is 1. The first-order valence-corrected chi connectivity index (χ1v) is 7.50. The van der Waals surface area contributed by atoms with Gasteiger partial charge in [-0.25, -0.2) is 0 Å². The van der Waals surface area contributed by atoms with Crippen molar-refractivity contribution in [1.29, 1.82) is 5.26 Å². The summed E-state index contributed by atoms with van der Waals surface area (Å²) in [6.07, 6.45) is 3.30. The van der Waals surface area contributed by atoms with Gasteiger partial charge in [0, 0.05) is 5.56 Å². The molecule has 0 spiro atoms. The lowest BCUT2D eigenvalue weighted by atomic mass is 10.0. The van der Waals surface area contributed by atoms with Crippen molar-refractivity contribution in [2.24, 2.45) is 0 Å². The maximum atomic E-state index is 12.3. The summed E-state index contributed by atoms with van der Waals surface area (Å²) in [6, 6.07) is 20.5. The zero-order valence-electron chi connectivity index (χ0n) is 13.2. The molecule has 0 bridgehead atoms. The minimum absolute atomic E-state index is 0.0583. The third-order valence-corrected chi connectivity index (χ3v) is 3.80. The molecule has 0 fully saturated rings. The first-order chi connectivity index (χ1) is 11.7. The second-order valence-corrected chi connectivity index (χ2v) is 5.36. The van der Waals surface area contributed by atoms with Crippen molar-refractivity contribution in [1.82, 2.24) is 0 Å². The number of hydrogen-bond donors (Lipinski definition) is 0. The molecule has 3 heteroatoms. The number of methoxy groups -OCH3 is 1. The van der Waals surface area contributed by atoms with Gasteiger partial charge in [-0.1, -0.05) is 36.4 Å². The van der Waals surface area contributed by atoms with Gasteiger partial charge in [-0.15, -0.1) is 0 Å². The Bertz CT molecular complexity index is 963. The largest absolute Gasteiger partial charge is 0.497 e. The zero-order chi connectivity index (χ0) is 16.9. The molecule has 0 saturated heterocycles. The average Bonchev–Trinajstić information content (AvgIpc) is 2.65. The van der Waals surface area contributed by atoms with E-state index in [0.717, 1.165) is 22.1 Å². The van der Waals surface area contributed by atoms with E-state index in [2.05, 4.69) is 6.07 Å². The number of nitriles is 1. The third kappa shape index (κ3) is 3.34. The van der Waals surface area contributed by atoms with Crippen LogP contribution < -0.4 is 4.74 Å². The highest BCUT2D eigenvalue weighted by Gasteiger charge is 2.04. The van der Waals surface area contributed by atoms with Crippen molar-refractivity contribution in [3.05, 3.63) is 83.4 Å². The Hall–Kier alpha value is -3.38. The van der Waals surface area contributed by atoms with Gasteiger partial charge >= 0.3 is 0 Å². The van der Waals surface area contributed by atoms with Crippen LogP contribution in [-0.4, -0.2) is 12.9 Å². The van der Waals surface area contributed by atoms with Gasteiger partial charge in [0.05, 0.1) is 18.7 Å². The van der Waals surface area contributed by atoms with Gasteiger partial charge in [-0.05, 0) is 52.7 Å². The molecule has 0 N–H and O–H groups in total. The van der Waals surface area contributed by atoms with E-state index in [9.17, 15) is 4.79 Å². The maximum absolute atomic E-state index is 12.3. The molecule has 3 aromatic rings. The summed E-state index contributed by atoms with van der Waals surface area (Å²) in [6.45, 7) is 0. The fourth-order valence-corrected chi connectivity index (χ4v) is 2.44. The lowest BCUT2D eigenvalue weighted by Crippen LogP contribution is -1.94. The molecule has 3 aromatic carbocycles. The summed E-state index contributed by atoms with van der Waals surface area (Å²) >= 11 is 0. The molecule has 0 unspecified atom stereocenters. The van der Waals surface area contributed by atoms with Crippen molar-refractivity contribution in [3.8, 4) is 11.8 Å². The van der Waals surface area contributed by atoms with Crippen LogP contribution in [0.25, 0.3) is 16.8 Å². The van der Waals surface area contributed by atoms with Crippen LogP contribution in [0.4, 0.5) is 0 Å². The number of allylic oxidation sites excluding steroid dienone is 1. The number of carbonyl (C=O) groups is 1. The van der Waals surface area contributed by atoms with Gasteiger partial charge in [0.2, 0.25) is 0 Å². The van der Waals surface area contributed by atoms with Gasteiger partial charge in [0.25, 0.3) is 0 Å². The van der Waals surface area contributed by atoms with Crippen LogP contribution in [0.5, 0.6) is 5.75 Å². The highest BCUT2D eigenvalue weighted by molar-refractivity contribution is 6.08. The molecule has 3 nitrogen and oxygen atoms in total. The minimum atomic E-state index is -0.0583. The van der Waals surface area contributed by atoms with Gasteiger partial charge in [0.1, 0.15) is 5.75 Å². The molecule has 24 heavy (non-hydrogen) atoms. The number of benzene rings is 3. The molecule has 0 saturated carbocycles. The van der Waals surface area contributed by atoms with Crippen LogP contribution in [0, 0.1) is 11.3 Å². The molecule has 0 aliphatic heterocycles. The summed E-state index contributed by atoms with van der Waals surface area (Å²) < 4.78 is 5.21. The van der Waals surface area contributed by atoms with Crippen LogP contribution in [0.1, 0.15) is 21.5 Å². The zero-order valence-corrected chi connectivity index (χ0v) is 13.2. The van der Waals surface area contributed by atoms with E-state index < -0.39 is 0 Å².